The lowest BCUT2D eigenvalue weighted by Gasteiger charge is -2.36. The molecule has 2 aromatic rings. The summed E-state index contributed by atoms with van der Waals surface area (Å²) in [5.74, 6) is -1.49. The number of nitrogens with one attached hydrogen (secondary N) is 3. The molecule has 3 N–H and O–H groups in total. The number of sulfonamides is 1. The van der Waals surface area contributed by atoms with Gasteiger partial charge in [-0.25, -0.2) is 13.2 Å². The summed E-state index contributed by atoms with van der Waals surface area (Å²) in [7, 11) is -2.34. The van der Waals surface area contributed by atoms with Gasteiger partial charge in [-0.15, -0.1) is 6.58 Å². The molecule has 1 aliphatic heterocycles. The van der Waals surface area contributed by atoms with Gasteiger partial charge < -0.3 is 29.7 Å². The molecular formula is C35H47N5O9S. The fourth-order valence-corrected chi connectivity index (χ4v) is 7.51. The molecule has 1 aromatic carbocycles. The molecule has 0 radical (unpaired) electrons. The Hall–Kier alpha value is -4.40. The second-order valence-electron chi connectivity index (χ2n) is 15.3. The zero-order valence-electron chi connectivity index (χ0n) is 29.6. The maximum absolute atomic E-state index is 14.4. The summed E-state index contributed by atoms with van der Waals surface area (Å²) in [6, 6.07) is 4.78. The Balaban J connectivity index is 1.44. The molecule has 1 aromatic heterocycles. The van der Waals surface area contributed by atoms with Crippen LogP contribution in [0.15, 0.2) is 43.1 Å². The van der Waals surface area contributed by atoms with Gasteiger partial charge in [0, 0.05) is 30.0 Å². The second-order valence-corrected chi connectivity index (χ2v) is 17.3. The number of ether oxygens (including phenoxy) is 3. The van der Waals surface area contributed by atoms with Crippen molar-refractivity contribution in [2.75, 3.05) is 13.7 Å². The predicted octanol–water partition coefficient (Wildman–Crippen LogP) is 3.20. The number of hydrogen-bond donors (Lipinski definition) is 3. The van der Waals surface area contributed by atoms with Crippen LogP contribution in [0.5, 0.6) is 11.5 Å². The lowest BCUT2D eigenvalue weighted by atomic mass is 9.85. The van der Waals surface area contributed by atoms with Crippen LogP contribution < -0.4 is 24.8 Å². The molecule has 0 unspecified atom stereocenters. The minimum atomic E-state index is -3.89. The number of alkyl carbamates (subject to hydrolysis) is 1. The molecule has 2 aliphatic carbocycles. The highest BCUT2D eigenvalue weighted by Crippen LogP contribution is 2.45. The number of amides is 4. The normalized spacial score (nSPS) is 24.1. The van der Waals surface area contributed by atoms with Gasteiger partial charge >= 0.3 is 6.09 Å². The van der Waals surface area contributed by atoms with Crippen molar-refractivity contribution in [1.82, 2.24) is 25.2 Å². The van der Waals surface area contributed by atoms with E-state index in [0.29, 0.717) is 35.2 Å². The Morgan fingerprint density at radius 3 is 2.38 bits per heavy atom. The summed E-state index contributed by atoms with van der Waals surface area (Å²) in [4.78, 5) is 60.7. The molecule has 0 spiro atoms. The van der Waals surface area contributed by atoms with E-state index in [1.54, 1.807) is 79.1 Å². The van der Waals surface area contributed by atoms with Gasteiger partial charge in [0.25, 0.3) is 5.91 Å². The SMILES string of the molecule is C=C[C@@H]1C[C@]1(NC(=O)[C@@H]1C[C@@H](Oc2ccnc3cc(OC)ccc23)CN1C(=O)[C@@H](NC(=O)OC(C)(C)C)C(C)(C)C)C(=O)NS(=O)(=O)C1CC1. The van der Waals surface area contributed by atoms with Crippen LogP contribution in [-0.2, 0) is 29.1 Å². The minimum absolute atomic E-state index is 0.0282. The maximum Gasteiger partial charge on any atom is 0.408 e. The number of likely N-dealkylation sites (tertiary alicyclic amines) is 1. The molecule has 3 fully saturated rings. The molecular weight excluding hydrogens is 666 g/mol. The molecule has 5 rings (SSSR count). The number of methoxy groups -OCH3 is 1. The van der Waals surface area contributed by atoms with Gasteiger partial charge in [-0.1, -0.05) is 26.8 Å². The molecule has 3 aliphatic rings. The first-order valence-corrected chi connectivity index (χ1v) is 18.2. The van der Waals surface area contributed by atoms with Crippen LogP contribution in [0.25, 0.3) is 10.9 Å². The lowest BCUT2D eigenvalue weighted by molar-refractivity contribution is -0.143. The number of hydrogen-bond acceptors (Lipinski definition) is 10. The topological polar surface area (TPSA) is 182 Å². The summed E-state index contributed by atoms with van der Waals surface area (Å²) in [6.07, 6.45) is 2.71. The first-order chi connectivity index (χ1) is 23.3. The van der Waals surface area contributed by atoms with Crippen LogP contribution in [-0.4, -0.2) is 90.3 Å². The Bertz CT molecular complexity index is 1800. The van der Waals surface area contributed by atoms with Crippen molar-refractivity contribution in [1.29, 1.82) is 0 Å². The molecule has 50 heavy (non-hydrogen) atoms. The highest BCUT2D eigenvalue weighted by atomic mass is 32.2. The van der Waals surface area contributed by atoms with E-state index < -0.39 is 79.7 Å². The molecule has 2 heterocycles. The average Bonchev–Trinajstić information content (AvgIpc) is 3.95. The summed E-state index contributed by atoms with van der Waals surface area (Å²) in [6.45, 7) is 14.2. The second kappa shape index (κ2) is 13.4. The molecule has 15 heteroatoms. The number of rotatable bonds is 11. The van der Waals surface area contributed by atoms with E-state index in [9.17, 15) is 27.6 Å². The number of carbonyl (C=O) groups is 4. The molecule has 2 saturated carbocycles. The van der Waals surface area contributed by atoms with Gasteiger partial charge in [-0.05, 0) is 63.6 Å². The van der Waals surface area contributed by atoms with Crippen LogP contribution in [0.1, 0.15) is 67.2 Å². The monoisotopic (exact) mass is 713 g/mol. The van der Waals surface area contributed by atoms with Gasteiger partial charge in [0.1, 0.15) is 40.8 Å². The van der Waals surface area contributed by atoms with Gasteiger partial charge in [-0.2, -0.15) is 0 Å². The third-order valence-electron chi connectivity index (χ3n) is 9.07. The average molecular weight is 714 g/mol. The van der Waals surface area contributed by atoms with Crippen LogP contribution >= 0.6 is 0 Å². The Morgan fingerprint density at radius 2 is 1.80 bits per heavy atom. The van der Waals surface area contributed by atoms with Gasteiger partial charge in [0.05, 0.1) is 24.4 Å². The van der Waals surface area contributed by atoms with E-state index in [1.807, 2.05) is 0 Å². The third-order valence-corrected chi connectivity index (χ3v) is 10.9. The number of pyridine rings is 1. The summed E-state index contributed by atoms with van der Waals surface area (Å²) < 4.78 is 44.7. The molecule has 14 nitrogen and oxygen atoms in total. The van der Waals surface area contributed by atoms with Crippen molar-refractivity contribution >= 4 is 44.7 Å². The molecule has 5 atom stereocenters. The fourth-order valence-electron chi connectivity index (χ4n) is 6.14. The van der Waals surface area contributed by atoms with E-state index in [1.165, 1.54) is 11.0 Å². The summed E-state index contributed by atoms with van der Waals surface area (Å²) >= 11 is 0. The Kier molecular flexibility index (Phi) is 9.87. The fraction of sp³-hybridized carbons (Fsp3) is 0.571. The van der Waals surface area contributed by atoms with Gasteiger partial charge in [-0.3, -0.25) is 24.1 Å². The van der Waals surface area contributed by atoms with Gasteiger partial charge in [0.2, 0.25) is 21.8 Å². The summed E-state index contributed by atoms with van der Waals surface area (Å²) in [5, 5.41) is 5.53. The maximum atomic E-state index is 14.4. The van der Waals surface area contributed by atoms with Crippen molar-refractivity contribution in [3.8, 4) is 11.5 Å². The van der Waals surface area contributed by atoms with E-state index in [0.717, 1.165) is 0 Å². The third kappa shape index (κ3) is 7.98. The van der Waals surface area contributed by atoms with E-state index in [4.69, 9.17) is 14.2 Å². The Labute approximate surface area is 292 Å². The molecule has 1 saturated heterocycles. The molecule has 0 bridgehead atoms. The van der Waals surface area contributed by atoms with Gasteiger partial charge in [0.15, 0.2) is 0 Å². The molecule has 4 amide bonds. The van der Waals surface area contributed by atoms with Crippen molar-refractivity contribution in [2.45, 2.75) is 102 Å². The van der Waals surface area contributed by atoms with E-state index in [-0.39, 0.29) is 19.4 Å². The number of carbonyl (C=O) groups excluding carboxylic acids is 4. The molecule has 272 valence electrons. The van der Waals surface area contributed by atoms with Crippen molar-refractivity contribution in [2.24, 2.45) is 11.3 Å². The smallest absolute Gasteiger partial charge is 0.408 e. The van der Waals surface area contributed by atoms with Crippen LogP contribution in [0.4, 0.5) is 4.79 Å². The first-order valence-electron chi connectivity index (χ1n) is 16.7. The highest BCUT2D eigenvalue weighted by Gasteiger charge is 2.62. The van der Waals surface area contributed by atoms with Crippen LogP contribution in [0.3, 0.4) is 0 Å². The standard InChI is InChI=1S/C35H47N5O9S/c1-9-20-18-35(20,31(43)39-50(45,46)23-11-12-23)38-29(41)26-17-22(48-27-14-15-36-25-16-21(47-8)10-13-24(25)27)19-40(26)30(42)28(33(2,3)4)37-32(44)49-34(5,6)7/h9-10,13-16,20,22-23,26,28H,1,11-12,17-19H2,2-8H3,(H,37,44)(H,38,41)(H,39,43)/t20-,22-,26+,28-,35-/m1/s1. The number of fused-ring (bicyclic) bond motifs is 1. The zero-order chi connectivity index (χ0) is 36.8. The van der Waals surface area contributed by atoms with Crippen molar-refractivity contribution in [3.63, 3.8) is 0 Å². The van der Waals surface area contributed by atoms with Crippen LogP contribution in [0.2, 0.25) is 0 Å². The van der Waals surface area contributed by atoms with E-state index in [2.05, 4.69) is 26.9 Å². The number of aromatic nitrogens is 1. The predicted molar refractivity (Wildman–Crippen MR) is 185 cm³/mol. The van der Waals surface area contributed by atoms with Crippen LogP contribution in [0, 0.1) is 11.3 Å². The van der Waals surface area contributed by atoms with E-state index >= 15 is 0 Å². The number of benzene rings is 1. The zero-order valence-corrected chi connectivity index (χ0v) is 30.4. The number of nitrogens with zero attached hydrogens (tertiary/aromatic N) is 2. The largest absolute Gasteiger partial charge is 0.497 e. The highest BCUT2D eigenvalue weighted by molar-refractivity contribution is 7.91. The summed E-state index contributed by atoms with van der Waals surface area (Å²) in [5.41, 5.74) is -2.56. The lowest BCUT2D eigenvalue weighted by Crippen LogP contribution is -2.60. The first kappa shape index (κ1) is 36.9. The minimum Gasteiger partial charge on any atom is -0.497 e. The quantitative estimate of drug-likeness (QED) is 0.293. The van der Waals surface area contributed by atoms with Crippen molar-refractivity contribution in [3.05, 3.63) is 43.1 Å². The van der Waals surface area contributed by atoms with Crippen molar-refractivity contribution < 1.29 is 41.8 Å². The Morgan fingerprint density at radius 1 is 1.10 bits per heavy atom.